The molecular weight excluding hydrogens is 146 g/mol. The zero-order valence-corrected chi connectivity index (χ0v) is 7.66. The van der Waals surface area contributed by atoms with Gasteiger partial charge in [0.2, 0.25) is 0 Å². The fourth-order valence-corrected chi connectivity index (χ4v) is 2.18. The first-order valence-electron chi connectivity index (χ1n) is 4.82. The van der Waals surface area contributed by atoms with Crippen molar-refractivity contribution < 1.29 is 4.57 Å². The summed E-state index contributed by atoms with van der Waals surface area (Å²) in [6.07, 6.45) is 7.75. The Hall–Kier alpha value is -0.850. The molecule has 0 atom stereocenters. The maximum Gasteiger partial charge on any atom is 0.184 e. The standard InChI is InChI=1S/C11H16N/c1-12-9-5-4-8-11(12)10-6-2-3-7-10/h4-5,8-10H,2-3,6-7H2,1H3/q+1. The molecule has 1 fully saturated rings. The van der Waals surface area contributed by atoms with Gasteiger partial charge in [0.15, 0.2) is 11.9 Å². The second-order valence-corrected chi connectivity index (χ2v) is 3.72. The Morgan fingerprint density at radius 2 is 2.00 bits per heavy atom. The van der Waals surface area contributed by atoms with Crippen LogP contribution in [0.3, 0.4) is 0 Å². The maximum absolute atomic E-state index is 2.26. The molecule has 0 aliphatic heterocycles. The zero-order valence-electron chi connectivity index (χ0n) is 7.66. The van der Waals surface area contributed by atoms with E-state index < -0.39 is 0 Å². The van der Waals surface area contributed by atoms with Crippen molar-refractivity contribution in [1.29, 1.82) is 0 Å². The normalized spacial score (nSPS) is 18.4. The Morgan fingerprint density at radius 3 is 2.67 bits per heavy atom. The monoisotopic (exact) mass is 162 g/mol. The van der Waals surface area contributed by atoms with E-state index in [-0.39, 0.29) is 0 Å². The van der Waals surface area contributed by atoms with Crippen molar-refractivity contribution in [1.82, 2.24) is 0 Å². The van der Waals surface area contributed by atoms with E-state index in [1.54, 1.807) is 0 Å². The molecule has 0 aromatic carbocycles. The molecular formula is C11H16N+. The molecule has 0 N–H and O–H groups in total. The summed E-state index contributed by atoms with van der Waals surface area (Å²) in [4.78, 5) is 0. The predicted molar refractivity (Wildman–Crippen MR) is 48.8 cm³/mol. The van der Waals surface area contributed by atoms with E-state index >= 15 is 0 Å². The quantitative estimate of drug-likeness (QED) is 0.557. The smallest absolute Gasteiger partial charge is 0.184 e. The van der Waals surface area contributed by atoms with Crippen molar-refractivity contribution in [2.75, 3.05) is 0 Å². The highest BCUT2D eigenvalue weighted by molar-refractivity contribution is 5.04. The minimum Gasteiger partial charge on any atom is -0.205 e. The van der Waals surface area contributed by atoms with Gasteiger partial charge < -0.3 is 0 Å². The highest BCUT2D eigenvalue weighted by Gasteiger charge is 2.23. The first-order chi connectivity index (χ1) is 5.88. The van der Waals surface area contributed by atoms with Gasteiger partial charge in [0.25, 0.3) is 0 Å². The molecule has 0 saturated heterocycles. The molecule has 64 valence electrons. The Bertz CT molecular complexity index is 261. The highest BCUT2D eigenvalue weighted by Crippen LogP contribution is 2.31. The van der Waals surface area contributed by atoms with Crippen LogP contribution in [0.25, 0.3) is 0 Å². The summed E-state index contributed by atoms with van der Waals surface area (Å²) < 4.78 is 2.26. The van der Waals surface area contributed by atoms with Crippen molar-refractivity contribution in [2.24, 2.45) is 7.05 Å². The summed E-state index contributed by atoms with van der Waals surface area (Å²) in [5.41, 5.74) is 1.51. The predicted octanol–water partition coefficient (Wildman–Crippen LogP) is 2.17. The van der Waals surface area contributed by atoms with Crippen LogP contribution in [0.5, 0.6) is 0 Å². The Morgan fingerprint density at radius 1 is 1.25 bits per heavy atom. The number of pyridine rings is 1. The lowest BCUT2D eigenvalue weighted by Gasteiger charge is -2.05. The molecule has 0 amide bonds. The number of aromatic nitrogens is 1. The van der Waals surface area contributed by atoms with Gasteiger partial charge in [-0.25, -0.2) is 4.57 Å². The first-order valence-corrected chi connectivity index (χ1v) is 4.82. The van der Waals surface area contributed by atoms with E-state index in [0.29, 0.717) is 0 Å². The van der Waals surface area contributed by atoms with Gasteiger partial charge >= 0.3 is 0 Å². The topological polar surface area (TPSA) is 3.88 Å². The van der Waals surface area contributed by atoms with Gasteiger partial charge in [-0.15, -0.1) is 0 Å². The van der Waals surface area contributed by atoms with Gasteiger partial charge in [-0.1, -0.05) is 18.9 Å². The molecule has 0 unspecified atom stereocenters. The minimum absolute atomic E-state index is 0.830. The number of nitrogens with zero attached hydrogens (tertiary/aromatic N) is 1. The molecule has 1 saturated carbocycles. The first kappa shape index (κ1) is 7.78. The van der Waals surface area contributed by atoms with Crippen LogP contribution in [-0.4, -0.2) is 0 Å². The van der Waals surface area contributed by atoms with Crippen molar-refractivity contribution >= 4 is 0 Å². The largest absolute Gasteiger partial charge is 0.205 e. The molecule has 0 bridgehead atoms. The van der Waals surface area contributed by atoms with Crippen LogP contribution in [-0.2, 0) is 7.05 Å². The third kappa shape index (κ3) is 1.36. The van der Waals surface area contributed by atoms with Crippen LogP contribution in [0, 0.1) is 0 Å². The second kappa shape index (κ2) is 3.26. The van der Waals surface area contributed by atoms with Gasteiger partial charge in [-0.05, 0) is 12.8 Å². The van der Waals surface area contributed by atoms with Gasteiger partial charge in [-0.2, -0.15) is 0 Å². The van der Waals surface area contributed by atoms with Gasteiger partial charge in [0.05, 0.1) is 0 Å². The zero-order chi connectivity index (χ0) is 8.39. The van der Waals surface area contributed by atoms with Crippen LogP contribution < -0.4 is 4.57 Å². The lowest BCUT2D eigenvalue weighted by molar-refractivity contribution is -0.680. The van der Waals surface area contributed by atoms with Gasteiger partial charge in [-0.3, -0.25) is 0 Å². The SMILES string of the molecule is C[n+]1ccccc1C1CCCC1. The number of hydrogen-bond acceptors (Lipinski definition) is 0. The summed E-state index contributed by atoms with van der Waals surface area (Å²) in [7, 11) is 2.15. The Balaban J connectivity index is 2.26. The molecule has 1 aliphatic rings. The van der Waals surface area contributed by atoms with Crippen LogP contribution in [0.2, 0.25) is 0 Å². The van der Waals surface area contributed by atoms with E-state index in [1.165, 1.54) is 31.4 Å². The van der Waals surface area contributed by atoms with E-state index in [4.69, 9.17) is 0 Å². The fourth-order valence-electron chi connectivity index (χ4n) is 2.18. The summed E-state index contributed by atoms with van der Waals surface area (Å²) in [6.45, 7) is 0. The molecule has 1 aromatic rings. The van der Waals surface area contributed by atoms with Crippen LogP contribution >= 0.6 is 0 Å². The molecule has 1 heterocycles. The van der Waals surface area contributed by atoms with E-state index in [1.807, 2.05) is 0 Å². The molecule has 0 radical (unpaired) electrons. The second-order valence-electron chi connectivity index (χ2n) is 3.72. The summed E-state index contributed by atoms with van der Waals surface area (Å²) in [5.74, 6) is 0.830. The van der Waals surface area contributed by atoms with E-state index in [2.05, 4.69) is 36.0 Å². The lowest BCUT2D eigenvalue weighted by Crippen LogP contribution is -2.33. The van der Waals surface area contributed by atoms with Crippen molar-refractivity contribution in [2.45, 2.75) is 31.6 Å². The third-order valence-corrected chi connectivity index (χ3v) is 2.87. The Labute approximate surface area is 74.0 Å². The average Bonchev–Trinajstić information content (AvgIpc) is 2.57. The Kier molecular flexibility index (Phi) is 2.11. The lowest BCUT2D eigenvalue weighted by atomic mass is 10.0. The van der Waals surface area contributed by atoms with Gasteiger partial charge in [0, 0.05) is 18.1 Å². The van der Waals surface area contributed by atoms with Crippen LogP contribution in [0.4, 0.5) is 0 Å². The van der Waals surface area contributed by atoms with Crippen molar-refractivity contribution in [3.8, 4) is 0 Å². The van der Waals surface area contributed by atoms with Crippen LogP contribution in [0.1, 0.15) is 37.3 Å². The molecule has 1 heteroatoms. The average molecular weight is 162 g/mol. The molecule has 1 aliphatic carbocycles. The number of aryl methyl sites for hydroxylation is 1. The summed E-state index contributed by atoms with van der Waals surface area (Å²) >= 11 is 0. The molecule has 1 nitrogen and oxygen atoms in total. The number of hydrogen-bond donors (Lipinski definition) is 0. The van der Waals surface area contributed by atoms with E-state index in [0.717, 1.165) is 5.92 Å². The van der Waals surface area contributed by atoms with Crippen molar-refractivity contribution in [3.63, 3.8) is 0 Å². The molecule has 1 aromatic heterocycles. The highest BCUT2D eigenvalue weighted by atomic mass is 14.9. The minimum atomic E-state index is 0.830. The molecule has 0 spiro atoms. The third-order valence-electron chi connectivity index (χ3n) is 2.87. The summed E-state index contributed by atoms with van der Waals surface area (Å²) in [5, 5.41) is 0. The molecule has 2 rings (SSSR count). The molecule has 12 heavy (non-hydrogen) atoms. The van der Waals surface area contributed by atoms with Crippen LogP contribution in [0.15, 0.2) is 24.4 Å². The van der Waals surface area contributed by atoms with Gasteiger partial charge in [0.1, 0.15) is 7.05 Å². The van der Waals surface area contributed by atoms with E-state index in [9.17, 15) is 0 Å². The number of rotatable bonds is 1. The summed E-state index contributed by atoms with van der Waals surface area (Å²) in [6, 6.07) is 6.50. The van der Waals surface area contributed by atoms with Crippen molar-refractivity contribution in [3.05, 3.63) is 30.1 Å². The fraction of sp³-hybridized carbons (Fsp3) is 0.545. The maximum atomic E-state index is 2.26.